The van der Waals surface area contributed by atoms with Gasteiger partial charge in [-0.3, -0.25) is 52.7 Å². The molecule has 0 aromatic rings. The van der Waals surface area contributed by atoms with Crippen molar-refractivity contribution in [3.63, 3.8) is 0 Å². The minimum atomic E-state index is -5.97. The molecule has 0 unspecified atom stereocenters. The van der Waals surface area contributed by atoms with Crippen LogP contribution in [0.15, 0.2) is 0 Å². The average molecular weight is 1990 g/mol. The fourth-order valence-corrected chi connectivity index (χ4v) is 10.4. The zero-order chi connectivity index (χ0) is 43.7. The molecule has 0 aromatic heterocycles. The Bertz CT molecular complexity index is 1370. The van der Waals surface area contributed by atoms with Crippen molar-refractivity contribution < 1.29 is 292 Å². The molecule has 57 heteroatoms. The second-order valence-corrected chi connectivity index (χ2v) is 22.0. The molecule has 0 saturated heterocycles. The molecule has 40 nitrogen and oxygen atoms in total. The smallest absolute Gasteiger partial charge is 0.790 e. The van der Waals surface area contributed by atoms with Gasteiger partial charge in [-0.25, -0.2) is 0 Å². The van der Waals surface area contributed by atoms with E-state index >= 15 is 0 Å². The van der Waals surface area contributed by atoms with Crippen LogP contribution in [0, 0.1) is 0 Å². The summed E-state index contributed by atoms with van der Waals surface area (Å²) in [5, 5.41) is 0. The molecule has 0 spiro atoms. The molecule has 0 aliphatic heterocycles. The minimum absolute atomic E-state index is 0. The van der Waals surface area contributed by atoms with E-state index in [0.717, 1.165) is 0 Å². The molecule has 0 saturated carbocycles. The summed E-state index contributed by atoms with van der Waals surface area (Å²) in [5.74, 6) is 0. The van der Waals surface area contributed by atoms with Gasteiger partial charge in [0.25, 0.3) is 31.3 Å². The van der Waals surface area contributed by atoms with E-state index in [-0.39, 0.29) is 105 Å². The van der Waals surface area contributed by atoms with Gasteiger partial charge in [-0.05, 0) is 0 Å². The van der Waals surface area contributed by atoms with Crippen LogP contribution in [-0.4, -0.2) is 0 Å². The average Bonchev–Trinajstić information content (AvgIpc) is 2.51. The zero-order valence-electron chi connectivity index (χ0n) is 23.3. The molecule has 0 aliphatic carbocycles. The Morgan fingerprint density at radius 1 is 0.175 bits per heavy atom. The van der Waals surface area contributed by atoms with Gasteiger partial charge in [-0.1, -0.05) is 0 Å². The maximum atomic E-state index is 10.1. The van der Waals surface area contributed by atoms with Crippen LogP contribution in [-0.2, 0) is 195 Å². The van der Waals surface area contributed by atoms with Crippen molar-refractivity contribution in [3.05, 3.63) is 0 Å². The molecular weight excluding hydrogens is 1990 g/mol. The summed E-state index contributed by atoms with van der Waals surface area (Å²) >= 11 is 0. The monoisotopic (exact) mass is 1990 g/mol. The Kier molecular flexibility index (Phi) is 43.9. The molecular formula is O40P12Pt5. The second kappa shape index (κ2) is 30.5. The van der Waals surface area contributed by atoms with E-state index in [2.05, 4.69) is 34.5 Å². The van der Waals surface area contributed by atoms with Gasteiger partial charge < -0.3 is 134 Å². The third kappa shape index (κ3) is 75.7. The number of phosphoric acid groups is 12. The maximum absolute atomic E-state index is 10.1. The number of rotatable bonds is 16. The number of hydrogen-bond donors (Lipinski definition) is 0. The quantitative estimate of drug-likeness (QED) is 0.130. The largest absolute Gasteiger partial charge is 4.00 e. The predicted octanol–water partition coefficient (Wildman–Crippen LogP) is -15.4. The summed E-state index contributed by atoms with van der Waals surface area (Å²) in [6, 6.07) is 0. The maximum Gasteiger partial charge on any atom is 4.00 e. The van der Waals surface area contributed by atoms with E-state index < -0.39 is 93.9 Å². The van der Waals surface area contributed by atoms with Crippen LogP contribution in [0.3, 0.4) is 0 Å². The topological polar surface area (TPSA) is 740 Å². The standard InChI is InChI=1S/4H5O10P3.5Pt/c4*1-11(2,3)9-13(7,8)10-12(4,5)6;;;;;/h4*(H,7,8)(H2,1,2,3)(H2,4,5,6);;;;;/q;;;;5*+4/p-20. The van der Waals surface area contributed by atoms with E-state index in [9.17, 15) is 153 Å². The van der Waals surface area contributed by atoms with E-state index in [4.69, 9.17) is 0 Å². The van der Waals surface area contributed by atoms with Crippen LogP contribution in [0.4, 0.5) is 0 Å². The van der Waals surface area contributed by atoms with Crippen molar-refractivity contribution in [1.29, 1.82) is 0 Å². The summed E-state index contributed by atoms with van der Waals surface area (Å²) in [6.07, 6.45) is 0. The van der Waals surface area contributed by atoms with Gasteiger partial charge in [-0.15, -0.1) is 0 Å². The Labute approximate surface area is 383 Å². The Balaban J connectivity index is -0.0000000748. The summed E-state index contributed by atoms with van der Waals surface area (Å²) in [5.41, 5.74) is 0. The van der Waals surface area contributed by atoms with Crippen LogP contribution in [0.5, 0.6) is 0 Å². The Hall–Kier alpha value is 5.08. The first-order valence-corrected chi connectivity index (χ1v) is 26.3. The third-order valence-corrected chi connectivity index (χ3v) is 14.4. The summed E-state index contributed by atoms with van der Waals surface area (Å²) in [4.78, 5) is 195. The molecule has 0 aliphatic rings. The fraction of sp³-hybridized carbons (Fsp3) is 0. The molecule has 0 heterocycles. The van der Waals surface area contributed by atoms with Gasteiger partial charge in [0.15, 0.2) is 0 Å². The van der Waals surface area contributed by atoms with E-state index in [0.29, 0.717) is 0 Å². The van der Waals surface area contributed by atoms with Crippen LogP contribution < -0.4 is 97.9 Å². The predicted molar refractivity (Wildman–Crippen MR) is 100.0 cm³/mol. The Morgan fingerprint density at radius 2 is 0.228 bits per heavy atom. The van der Waals surface area contributed by atoms with E-state index in [1.165, 1.54) is 0 Å². The van der Waals surface area contributed by atoms with Gasteiger partial charge in [0, 0.05) is 0 Å². The molecule has 0 atom stereocenters. The second-order valence-electron chi connectivity index (χ2n) is 6.02. The molecule has 0 fully saturated rings. The van der Waals surface area contributed by atoms with E-state index in [1.54, 1.807) is 0 Å². The first-order chi connectivity index (χ1) is 21.7. The van der Waals surface area contributed by atoms with Crippen LogP contribution in [0.25, 0.3) is 0 Å². The van der Waals surface area contributed by atoms with Gasteiger partial charge >= 0.3 is 105 Å². The fourth-order valence-electron chi connectivity index (χ4n) is 1.04. The number of hydrogen-bond acceptors (Lipinski definition) is 40. The summed E-state index contributed by atoms with van der Waals surface area (Å²) in [7, 11) is -71.6. The first-order valence-electron chi connectivity index (χ1n) is 8.76. The van der Waals surface area contributed by atoms with Crippen molar-refractivity contribution >= 4 is 93.9 Å². The first kappa shape index (κ1) is 82.2. The van der Waals surface area contributed by atoms with Crippen molar-refractivity contribution in [2.24, 2.45) is 0 Å². The molecule has 0 bridgehead atoms. The van der Waals surface area contributed by atoms with Crippen molar-refractivity contribution in [3.8, 4) is 0 Å². The normalized spacial score (nSPS) is 13.3. The van der Waals surface area contributed by atoms with Gasteiger partial charge in [0.05, 0.1) is 62.6 Å². The third-order valence-electron chi connectivity index (χ3n) is 1.60. The van der Waals surface area contributed by atoms with Crippen molar-refractivity contribution in [2.75, 3.05) is 0 Å². The van der Waals surface area contributed by atoms with Crippen LogP contribution in [0.1, 0.15) is 0 Å². The van der Waals surface area contributed by atoms with Crippen molar-refractivity contribution in [2.45, 2.75) is 0 Å². The SMILES string of the molecule is O=P([O-])([O-])OP(=O)([O-])OP(=O)([O-])[O-].O=P([O-])([O-])OP(=O)([O-])OP(=O)([O-])[O-].O=P([O-])([O-])OP(=O)([O-])OP(=O)([O-])[O-].O=P([O-])([O-])OP(=O)([O-])OP(=O)([O-])[O-].[Pt+4].[Pt+4].[Pt+4].[Pt+4].[Pt+4]. The molecule has 57 heavy (non-hydrogen) atoms. The summed E-state index contributed by atoms with van der Waals surface area (Å²) in [6.45, 7) is 0. The van der Waals surface area contributed by atoms with Gasteiger partial charge in [0.2, 0.25) is 0 Å². The van der Waals surface area contributed by atoms with Crippen molar-refractivity contribution in [1.82, 2.24) is 0 Å². The molecule has 0 radical (unpaired) electrons. The van der Waals surface area contributed by atoms with Crippen LogP contribution in [0.2, 0.25) is 0 Å². The molecule has 0 aromatic carbocycles. The molecule has 350 valence electrons. The van der Waals surface area contributed by atoms with E-state index in [1.807, 2.05) is 0 Å². The van der Waals surface area contributed by atoms with Crippen LogP contribution >= 0.6 is 93.9 Å². The summed E-state index contributed by atoms with van der Waals surface area (Å²) < 4.78 is 139. The Morgan fingerprint density at radius 3 is 0.263 bits per heavy atom. The molecule has 0 N–H and O–H groups in total. The van der Waals surface area contributed by atoms with Gasteiger partial charge in [0.1, 0.15) is 0 Å². The minimum Gasteiger partial charge on any atom is -0.790 e. The molecule has 0 amide bonds. The zero-order valence-corrected chi connectivity index (χ0v) is 45.4. The molecule has 0 rings (SSSR count). The van der Waals surface area contributed by atoms with Gasteiger partial charge in [-0.2, -0.15) is 0 Å².